The van der Waals surface area contributed by atoms with Gasteiger partial charge in [-0.2, -0.15) is 0 Å². The third-order valence-electron chi connectivity index (χ3n) is 2.37. The standard InChI is InChI=1S/C11H20N2O2S/c1-8-10(9(2)14)16-11(12-8)13(3)6-5-7-15-4/h9,14H,5-7H2,1-4H3. The number of aryl methyl sites for hydroxylation is 1. The molecule has 0 saturated carbocycles. The Kier molecular flexibility index (Phi) is 5.18. The molecule has 5 heteroatoms. The molecule has 0 bridgehead atoms. The number of aliphatic hydroxyl groups excluding tert-OH is 1. The van der Waals surface area contributed by atoms with E-state index in [1.165, 1.54) is 0 Å². The van der Waals surface area contributed by atoms with Crippen LogP contribution < -0.4 is 4.90 Å². The van der Waals surface area contributed by atoms with E-state index in [0.29, 0.717) is 0 Å². The summed E-state index contributed by atoms with van der Waals surface area (Å²) in [6.07, 6.45) is 0.550. The van der Waals surface area contributed by atoms with Crippen LogP contribution in [0.3, 0.4) is 0 Å². The lowest BCUT2D eigenvalue weighted by Gasteiger charge is -2.14. The first kappa shape index (κ1) is 13.4. The molecule has 1 aromatic rings. The summed E-state index contributed by atoms with van der Waals surface area (Å²) in [7, 11) is 3.72. The number of aliphatic hydroxyl groups is 1. The molecule has 1 N–H and O–H groups in total. The minimum absolute atomic E-state index is 0.432. The fourth-order valence-electron chi connectivity index (χ4n) is 1.49. The van der Waals surface area contributed by atoms with E-state index in [1.54, 1.807) is 25.4 Å². The zero-order valence-electron chi connectivity index (χ0n) is 10.4. The highest BCUT2D eigenvalue weighted by atomic mass is 32.1. The Morgan fingerprint density at radius 1 is 1.56 bits per heavy atom. The fourth-order valence-corrected chi connectivity index (χ4v) is 2.48. The third-order valence-corrected chi connectivity index (χ3v) is 3.81. The molecule has 1 heterocycles. The van der Waals surface area contributed by atoms with Gasteiger partial charge in [-0.3, -0.25) is 0 Å². The zero-order valence-corrected chi connectivity index (χ0v) is 11.2. The molecule has 1 atom stereocenters. The lowest BCUT2D eigenvalue weighted by molar-refractivity contribution is 0.196. The van der Waals surface area contributed by atoms with E-state index in [-0.39, 0.29) is 0 Å². The van der Waals surface area contributed by atoms with Gasteiger partial charge in [0.1, 0.15) is 0 Å². The quantitative estimate of drug-likeness (QED) is 0.777. The summed E-state index contributed by atoms with van der Waals surface area (Å²) in [6, 6.07) is 0. The molecule has 0 amide bonds. The first-order valence-electron chi connectivity index (χ1n) is 5.41. The van der Waals surface area contributed by atoms with Gasteiger partial charge < -0.3 is 14.7 Å². The zero-order chi connectivity index (χ0) is 12.1. The number of hydrogen-bond acceptors (Lipinski definition) is 5. The van der Waals surface area contributed by atoms with E-state index in [2.05, 4.69) is 9.88 Å². The monoisotopic (exact) mass is 244 g/mol. The van der Waals surface area contributed by atoms with Crippen LogP contribution in [-0.4, -0.2) is 37.4 Å². The van der Waals surface area contributed by atoms with Crippen LogP contribution in [0.15, 0.2) is 0 Å². The largest absolute Gasteiger partial charge is 0.388 e. The minimum atomic E-state index is -0.432. The molecule has 0 fully saturated rings. The Bertz CT molecular complexity index is 326. The minimum Gasteiger partial charge on any atom is -0.388 e. The van der Waals surface area contributed by atoms with Crippen LogP contribution in [0.25, 0.3) is 0 Å². The van der Waals surface area contributed by atoms with Gasteiger partial charge in [0.15, 0.2) is 5.13 Å². The summed E-state index contributed by atoms with van der Waals surface area (Å²) >= 11 is 1.56. The highest BCUT2D eigenvalue weighted by molar-refractivity contribution is 7.15. The molecule has 0 aliphatic rings. The number of nitrogens with zero attached hydrogens (tertiary/aromatic N) is 2. The summed E-state index contributed by atoms with van der Waals surface area (Å²) in [5, 5.41) is 10.5. The smallest absolute Gasteiger partial charge is 0.185 e. The van der Waals surface area contributed by atoms with Gasteiger partial charge in [-0.05, 0) is 20.3 Å². The molecule has 16 heavy (non-hydrogen) atoms. The van der Waals surface area contributed by atoms with Crippen LogP contribution in [0.4, 0.5) is 5.13 Å². The van der Waals surface area contributed by atoms with Crippen LogP contribution in [0, 0.1) is 6.92 Å². The molecule has 0 aliphatic carbocycles. The molecule has 92 valence electrons. The number of ether oxygens (including phenoxy) is 1. The number of aromatic nitrogens is 1. The second kappa shape index (κ2) is 6.18. The Balaban J connectivity index is 2.62. The van der Waals surface area contributed by atoms with E-state index >= 15 is 0 Å². The van der Waals surface area contributed by atoms with Crippen LogP contribution >= 0.6 is 11.3 Å². The lowest BCUT2D eigenvalue weighted by atomic mass is 10.3. The van der Waals surface area contributed by atoms with Gasteiger partial charge in [-0.15, -0.1) is 0 Å². The predicted molar refractivity (Wildman–Crippen MR) is 67.2 cm³/mol. The van der Waals surface area contributed by atoms with Crippen molar-refractivity contribution in [1.29, 1.82) is 0 Å². The normalized spacial score (nSPS) is 12.8. The Labute approximate surface area is 101 Å². The van der Waals surface area contributed by atoms with Crippen molar-refractivity contribution in [2.75, 3.05) is 32.2 Å². The maximum absolute atomic E-state index is 9.55. The van der Waals surface area contributed by atoms with E-state index < -0.39 is 6.10 Å². The number of thiazole rings is 1. The van der Waals surface area contributed by atoms with Gasteiger partial charge in [0.25, 0.3) is 0 Å². The third kappa shape index (κ3) is 3.43. The number of rotatable bonds is 6. The lowest BCUT2D eigenvalue weighted by Crippen LogP contribution is -2.19. The van der Waals surface area contributed by atoms with Gasteiger partial charge >= 0.3 is 0 Å². The highest BCUT2D eigenvalue weighted by Gasteiger charge is 2.14. The number of methoxy groups -OCH3 is 1. The molecule has 0 aromatic carbocycles. The predicted octanol–water partition coefficient (Wildman–Crippen LogP) is 1.98. The van der Waals surface area contributed by atoms with Crippen molar-refractivity contribution in [1.82, 2.24) is 4.98 Å². The van der Waals surface area contributed by atoms with Gasteiger partial charge in [0.2, 0.25) is 0 Å². The Morgan fingerprint density at radius 3 is 2.75 bits per heavy atom. The van der Waals surface area contributed by atoms with Crippen LogP contribution in [0.5, 0.6) is 0 Å². The summed E-state index contributed by atoms with van der Waals surface area (Å²) in [5.41, 5.74) is 0.925. The van der Waals surface area contributed by atoms with Crippen molar-refractivity contribution in [2.45, 2.75) is 26.4 Å². The van der Waals surface area contributed by atoms with Gasteiger partial charge in [0, 0.05) is 27.3 Å². The SMILES string of the molecule is COCCCN(C)c1nc(C)c(C(C)O)s1. The molecule has 0 spiro atoms. The van der Waals surface area contributed by atoms with E-state index in [9.17, 15) is 5.11 Å². The highest BCUT2D eigenvalue weighted by Crippen LogP contribution is 2.29. The van der Waals surface area contributed by atoms with Crippen molar-refractivity contribution in [2.24, 2.45) is 0 Å². The number of anilines is 1. The average molecular weight is 244 g/mol. The molecule has 4 nitrogen and oxygen atoms in total. The summed E-state index contributed by atoms with van der Waals surface area (Å²) < 4.78 is 5.01. The van der Waals surface area contributed by atoms with Crippen molar-refractivity contribution in [3.63, 3.8) is 0 Å². The average Bonchev–Trinajstić information content (AvgIpc) is 2.60. The second-order valence-corrected chi connectivity index (χ2v) is 4.90. The Morgan fingerprint density at radius 2 is 2.25 bits per heavy atom. The van der Waals surface area contributed by atoms with Crippen LogP contribution in [-0.2, 0) is 4.74 Å². The van der Waals surface area contributed by atoms with Crippen molar-refractivity contribution >= 4 is 16.5 Å². The molecule has 0 radical (unpaired) electrons. The molecular formula is C11H20N2O2S. The summed E-state index contributed by atoms with van der Waals surface area (Å²) in [5.74, 6) is 0. The maximum atomic E-state index is 9.55. The summed E-state index contributed by atoms with van der Waals surface area (Å²) in [4.78, 5) is 7.51. The van der Waals surface area contributed by atoms with Crippen LogP contribution in [0.1, 0.15) is 30.0 Å². The van der Waals surface area contributed by atoms with Gasteiger partial charge in [-0.25, -0.2) is 4.98 Å². The Hall–Kier alpha value is -0.650. The first-order chi connectivity index (χ1) is 7.56. The molecule has 1 aromatic heterocycles. The molecule has 1 unspecified atom stereocenters. The molecule has 1 rings (SSSR count). The molecule has 0 saturated heterocycles. The first-order valence-corrected chi connectivity index (χ1v) is 6.23. The van der Waals surface area contributed by atoms with Crippen LogP contribution in [0.2, 0.25) is 0 Å². The fraction of sp³-hybridized carbons (Fsp3) is 0.727. The second-order valence-electron chi connectivity index (χ2n) is 3.89. The van der Waals surface area contributed by atoms with Crippen molar-refractivity contribution in [3.05, 3.63) is 10.6 Å². The van der Waals surface area contributed by atoms with Gasteiger partial charge in [-0.1, -0.05) is 11.3 Å². The van der Waals surface area contributed by atoms with E-state index in [4.69, 9.17) is 4.74 Å². The van der Waals surface area contributed by atoms with Crippen molar-refractivity contribution in [3.8, 4) is 0 Å². The maximum Gasteiger partial charge on any atom is 0.185 e. The van der Waals surface area contributed by atoms with E-state index in [0.717, 1.165) is 35.3 Å². The molecule has 0 aliphatic heterocycles. The van der Waals surface area contributed by atoms with E-state index in [1.807, 2.05) is 14.0 Å². The topological polar surface area (TPSA) is 45.6 Å². The van der Waals surface area contributed by atoms with Gasteiger partial charge in [0.05, 0.1) is 16.7 Å². The molecular weight excluding hydrogens is 224 g/mol. The number of hydrogen-bond donors (Lipinski definition) is 1. The summed E-state index contributed by atoms with van der Waals surface area (Å²) in [6.45, 7) is 5.39. The van der Waals surface area contributed by atoms with Crippen molar-refractivity contribution < 1.29 is 9.84 Å².